The van der Waals surface area contributed by atoms with Gasteiger partial charge in [0.2, 0.25) is 0 Å². The highest BCUT2D eigenvalue weighted by Gasteiger charge is 2.36. The van der Waals surface area contributed by atoms with Crippen LogP contribution in [0.25, 0.3) is 5.57 Å². The maximum Gasteiger partial charge on any atom is 0.120 e. The maximum atomic E-state index is 11.0. The van der Waals surface area contributed by atoms with Crippen molar-refractivity contribution in [3.05, 3.63) is 41.0 Å². The smallest absolute Gasteiger partial charge is 0.120 e. The third-order valence-electron chi connectivity index (χ3n) is 4.68. The number of carbonyl (C=O) groups excluding carboxylic acids is 1. The highest BCUT2D eigenvalue weighted by molar-refractivity contribution is 5.79. The zero-order chi connectivity index (χ0) is 12.6. The Morgan fingerprint density at radius 3 is 2.89 bits per heavy atom. The van der Waals surface area contributed by atoms with Crippen molar-refractivity contribution in [2.45, 2.75) is 45.4 Å². The van der Waals surface area contributed by atoms with E-state index in [1.165, 1.54) is 42.4 Å². The molecule has 0 heterocycles. The summed E-state index contributed by atoms with van der Waals surface area (Å²) in [6.45, 7) is 2.28. The second kappa shape index (κ2) is 4.38. The molecule has 0 aliphatic heterocycles. The van der Waals surface area contributed by atoms with Crippen LogP contribution in [0.3, 0.4) is 0 Å². The first-order chi connectivity index (χ1) is 8.74. The van der Waals surface area contributed by atoms with Gasteiger partial charge < -0.3 is 4.79 Å². The number of hydrogen-bond acceptors (Lipinski definition) is 1. The molecule has 0 N–H and O–H groups in total. The molecule has 0 spiro atoms. The van der Waals surface area contributed by atoms with E-state index in [4.69, 9.17) is 0 Å². The zero-order valence-electron chi connectivity index (χ0n) is 11.0. The molecule has 0 saturated heterocycles. The van der Waals surface area contributed by atoms with Crippen molar-refractivity contribution in [3.63, 3.8) is 0 Å². The summed E-state index contributed by atoms with van der Waals surface area (Å²) in [5.41, 5.74) is 6.08. The number of aldehydes is 1. The van der Waals surface area contributed by atoms with Crippen LogP contribution in [0, 0.1) is 5.41 Å². The van der Waals surface area contributed by atoms with Crippen LogP contribution in [0.15, 0.2) is 29.8 Å². The molecule has 0 unspecified atom stereocenters. The molecule has 2 aliphatic rings. The minimum atomic E-state index is 0.0753. The predicted octanol–water partition coefficient (Wildman–Crippen LogP) is 4.17. The first-order valence-corrected chi connectivity index (χ1v) is 6.99. The van der Waals surface area contributed by atoms with Gasteiger partial charge in [0, 0.05) is 6.42 Å². The highest BCUT2D eigenvalue weighted by Crippen LogP contribution is 2.51. The first-order valence-electron chi connectivity index (χ1n) is 6.99. The Morgan fingerprint density at radius 1 is 1.22 bits per heavy atom. The van der Waals surface area contributed by atoms with Crippen molar-refractivity contribution < 1.29 is 4.79 Å². The van der Waals surface area contributed by atoms with Crippen molar-refractivity contribution in [3.8, 4) is 0 Å². The lowest BCUT2D eigenvalue weighted by Crippen LogP contribution is -2.26. The Kier molecular flexibility index (Phi) is 2.85. The van der Waals surface area contributed by atoms with Crippen LogP contribution in [0.2, 0.25) is 0 Å². The fourth-order valence-corrected chi connectivity index (χ4v) is 3.79. The Hall–Kier alpha value is -1.37. The average Bonchev–Trinajstić information content (AvgIpc) is 2.38. The van der Waals surface area contributed by atoms with Gasteiger partial charge in [-0.2, -0.15) is 0 Å². The van der Waals surface area contributed by atoms with Crippen molar-refractivity contribution in [1.82, 2.24) is 0 Å². The summed E-state index contributed by atoms with van der Waals surface area (Å²) in [6, 6.07) is 8.75. The highest BCUT2D eigenvalue weighted by atomic mass is 16.1. The molecule has 1 aromatic carbocycles. The van der Waals surface area contributed by atoms with E-state index in [0.717, 1.165) is 12.7 Å². The molecule has 1 nitrogen and oxygen atoms in total. The monoisotopic (exact) mass is 240 g/mol. The van der Waals surface area contributed by atoms with Gasteiger partial charge in [0.05, 0.1) is 0 Å². The van der Waals surface area contributed by atoms with E-state index in [1.807, 2.05) is 0 Å². The number of benzene rings is 1. The molecule has 3 rings (SSSR count). The molecular weight excluding hydrogens is 220 g/mol. The minimum Gasteiger partial charge on any atom is -0.303 e. The Labute approximate surface area is 109 Å². The van der Waals surface area contributed by atoms with Gasteiger partial charge in [0.15, 0.2) is 0 Å². The quantitative estimate of drug-likeness (QED) is 0.709. The molecule has 94 valence electrons. The summed E-state index contributed by atoms with van der Waals surface area (Å²) >= 11 is 0. The maximum absolute atomic E-state index is 11.0. The molecular formula is C17H20O. The zero-order valence-corrected chi connectivity index (χ0v) is 11.0. The van der Waals surface area contributed by atoms with E-state index in [0.29, 0.717) is 6.42 Å². The number of fused-ring (bicyclic) bond motifs is 2. The van der Waals surface area contributed by atoms with E-state index in [2.05, 4.69) is 31.2 Å². The van der Waals surface area contributed by atoms with E-state index in [1.54, 1.807) is 5.57 Å². The lowest BCUT2D eigenvalue weighted by molar-refractivity contribution is -0.109. The van der Waals surface area contributed by atoms with Gasteiger partial charge in [-0.1, -0.05) is 36.8 Å². The lowest BCUT2D eigenvalue weighted by Gasteiger charge is -2.40. The van der Waals surface area contributed by atoms with E-state index < -0.39 is 0 Å². The van der Waals surface area contributed by atoms with Crippen molar-refractivity contribution in [1.29, 1.82) is 0 Å². The lowest BCUT2D eigenvalue weighted by atomic mass is 9.64. The fraction of sp³-hybridized carbons (Fsp3) is 0.471. The van der Waals surface area contributed by atoms with Crippen LogP contribution in [0.1, 0.15) is 50.2 Å². The number of hydrogen-bond donors (Lipinski definition) is 0. The molecule has 1 heteroatoms. The van der Waals surface area contributed by atoms with Crippen LogP contribution in [-0.4, -0.2) is 6.29 Å². The molecule has 0 fully saturated rings. The van der Waals surface area contributed by atoms with Crippen molar-refractivity contribution >= 4 is 11.9 Å². The summed E-state index contributed by atoms with van der Waals surface area (Å²) in [7, 11) is 0. The Morgan fingerprint density at radius 2 is 2.06 bits per heavy atom. The van der Waals surface area contributed by atoms with Gasteiger partial charge in [-0.05, 0) is 54.2 Å². The van der Waals surface area contributed by atoms with Crippen molar-refractivity contribution in [2.75, 3.05) is 0 Å². The van der Waals surface area contributed by atoms with Crippen LogP contribution in [0.4, 0.5) is 0 Å². The van der Waals surface area contributed by atoms with Crippen LogP contribution in [0.5, 0.6) is 0 Å². The molecule has 2 aliphatic carbocycles. The van der Waals surface area contributed by atoms with E-state index in [-0.39, 0.29) is 5.41 Å². The van der Waals surface area contributed by atoms with Gasteiger partial charge in [0.25, 0.3) is 0 Å². The average molecular weight is 240 g/mol. The van der Waals surface area contributed by atoms with Crippen LogP contribution < -0.4 is 0 Å². The largest absolute Gasteiger partial charge is 0.303 e. The van der Waals surface area contributed by atoms with Crippen LogP contribution in [-0.2, 0) is 11.2 Å². The second-order valence-electron chi connectivity index (χ2n) is 5.92. The first kappa shape index (κ1) is 11.7. The van der Waals surface area contributed by atoms with Crippen molar-refractivity contribution in [2.24, 2.45) is 5.41 Å². The SMILES string of the molecule is C[C@]1(CC=O)CCCC2=C1c1ccccc1CC2. The third-order valence-corrected chi connectivity index (χ3v) is 4.68. The molecule has 0 bridgehead atoms. The summed E-state index contributed by atoms with van der Waals surface area (Å²) in [5.74, 6) is 0. The summed E-state index contributed by atoms with van der Waals surface area (Å²) < 4.78 is 0. The molecule has 0 radical (unpaired) electrons. The van der Waals surface area contributed by atoms with E-state index in [9.17, 15) is 4.79 Å². The summed E-state index contributed by atoms with van der Waals surface area (Å²) in [6.07, 6.45) is 7.77. The minimum absolute atomic E-state index is 0.0753. The summed E-state index contributed by atoms with van der Waals surface area (Å²) in [5, 5.41) is 0. The normalized spacial score (nSPS) is 26.5. The van der Waals surface area contributed by atoms with Crippen LogP contribution >= 0.6 is 0 Å². The predicted molar refractivity (Wildman–Crippen MR) is 74.3 cm³/mol. The Balaban J connectivity index is 2.16. The number of rotatable bonds is 2. The molecule has 1 atom stereocenters. The third kappa shape index (κ3) is 1.73. The number of aryl methyl sites for hydroxylation is 1. The van der Waals surface area contributed by atoms with Gasteiger partial charge in [-0.15, -0.1) is 0 Å². The second-order valence-corrected chi connectivity index (χ2v) is 5.92. The fourth-order valence-electron chi connectivity index (χ4n) is 3.79. The van der Waals surface area contributed by atoms with E-state index >= 15 is 0 Å². The van der Waals surface area contributed by atoms with Gasteiger partial charge >= 0.3 is 0 Å². The molecule has 0 saturated carbocycles. The molecule has 0 aromatic heterocycles. The molecule has 1 aromatic rings. The Bertz CT molecular complexity index is 512. The van der Waals surface area contributed by atoms with Gasteiger partial charge in [-0.25, -0.2) is 0 Å². The molecule has 18 heavy (non-hydrogen) atoms. The molecule has 0 amide bonds. The van der Waals surface area contributed by atoms with Gasteiger partial charge in [-0.3, -0.25) is 0 Å². The van der Waals surface area contributed by atoms with Gasteiger partial charge in [0.1, 0.15) is 6.29 Å². The topological polar surface area (TPSA) is 17.1 Å². The summed E-state index contributed by atoms with van der Waals surface area (Å²) in [4.78, 5) is 11.0. The number of carbonyl (C=O) groups is 1. The number of allylic oxidation sites excluding steroid dienone is 2. The standard InChI is InChI=1S/C17H20O/c1-17(11-12-18)10-4-6-14-9-8-13-5-2-3-7-15(13)16(14)17/h2-3,5,7,12H,4,6,8-11H2,1H3/t17-/m1/s1.